The van der Waals surface area contributed by atoms with E-state index in [1.807, 2.05) is 13.8 Å². The van der Waals surface area contributed by atoms with Gasteiger partial charge in [-0.1, -0.05) is 11.6 Å². The topological polar surface area (TPSA) is 193 Å². The van der Waals surface area contributed by atoms with Crippen molar-refractivity contribution in [3.63, 3.8) is 0 Å². The van der Waals surface area contributed by atoms with Crippen molar-refractivity contribution in [2.45, 2.75) is 39.3 Å². The Kier molecular flexibility index (Phi) is 10.7. The van der Waals surface area contributed by atoms with Gasteiger partial charge in [0.25, 0.3) is 5.91 Å². The number of ether oxygens (including phenoxy) is 1. The number of nitrogens with one attached hydrogen (secondary N) is 4. The first kappa shape index (κ1) is 30.9. The predicted molar refractivity (Wildman–Crippen MR) is 160 cm³/mol. The fourth-order valence-corrected chi connectivity index (χ4v) is 4.17. The van der Waals surface area contributed by atoms with Crippen LogP contribution in [-0.4, -0.2) is 41.4 Å². The number of halogens is 1. The molecule has 3 aromatic rings. The van der Waals surface area contributed by atoms with Crippen molar-refractivity contribution in [3.05, 3.63) is 81.9 Å². The molecule has 0 aliphatic heterocycles. The SMILES string of the molecule is CC(C)Oc1cc(NC(=O)CN)cc(CNc2ccc(Cl)cc2C(=O)Nc2ccc(C(=N)N)cc2)c1CCC(=O)O. The van der Waals surface area contributed by atoms with E-state index in [1.165, 1.54) is 6.07 Å². The Hall–Kier alpha value is -4.61. The van der Waals surface area contributed by atoms with Crippen LogP contribution in [0.25, 0.3) is 0 Å². The van der Waals surface area contributed by atoms with Crippen LogP contribution in [0.4, 0.5) is 17.1 Å². The molecule has 0 unspecified atom stereocenters. The van der Waals surface area contributed by atoms with Gasteiger partial charge in [-0.05, 0) is 79.9 Å². The number of carboxylic acid groups (broad SMARTS) is 1. The highest BCUT2D eigenvalue weighted by Crippen LogP contribution is 2.31. The molecule has 0 atom stereocenters. The lowest BCUT2D eigenvalue weighted by atomic mass is 9.99. The fourth-order valence-electron chi connectivity index (χ4n) is 4.00. The summed E-state index contributed by atoms with van der Waals surface area (Å²) in [5, 5.41) is 26.0. The summed E-state index contributed by atoms with van der Waals surface area (Å²) >= 11 is 6.22. The molecule has 0 aliphatic rings. The summed E-state index contributed by atoms with van der Waals surface area (Å²) in [4.78, 5) is 36.6. The number of hydrogen-bond donors (Lipinski definition) is 7. The molecule has 0 aliphatic carbocycles. The van der Waals surface area contributed by atoms with Crippen LogP contribution in [0, 0.1) is 5.41 Å². The molecule has 12 heteroatoms. The molecule has 41 heavy (non-hydrogen) atoms. The molecule has 2 amide bonds. The maximum absolute atomic E-state index is 13.2. The smallest absolute Gasteiger partial charge is 0.303 e. The normalized spacial score (nSPS) is 10.7. The number of benzene rings is 3. The number of amidine groups is 1. The first-order chi connectivity index (χ1) is 19.5. The zero-order valence-electron chi connectivity index (χ0n) is 22.7. The van der Waals surface area contributed by atoms with E-state index in [-0.39, 0.29) is 43.4 Å². The summed E-state index contributed by atoms with van der Waals surface area (Å²) in [6, 6.07) is 14.7. The van der Waals surface area contributed by atoms with Crippen molar-refractivity contribution < 1.29 is 24.2 Å². The monoisotopic (exact) mass is 580 g/mol. The molecule has 0 bridgehead atoms. The fraction of sp³-hybridized carbons (Fsp3) is 0.241. The van der Waals surface area contributed by atoms with Crippen LogP contribution in [-0.2, 0) is 22.6 Å². The van der Waals surface area contributed by atoms with E-state index in [9.17, 15) is 19.5 Å². The van der Waals surface area contributed by atoms with Gasteiger partial charge in [0.2, 0.25) is 5.91 Å². The van der Waals surface area contributed by atoms with Gasteiger partial charge in [0.1, 0.15) is 11.6 Å². The van der Waals surface area contributed by atoms with Gasteiger partial charge in [0.15, 0.2) is 0 Å². The first-order valence-electron chi connectivity index (χ1n) is 12.8. The van der Waals surface area contributed by atoms with Gasteiger partial charge in [0, 0.05) is 46.7 Å². The molecule has 0 spiro atoms. The Balaban J connectivity index is 1.94. The number of carbonyl (C=O) groups excluding carboxylic acids is 2. The van der Waals surface area contributed by atoms with Crippen LogP contribution in [0.2, 0.25) is 5.02 Å². The predicted octanol–water partition coefficient (Wildman–Crippen LogP) is 4.19. The van der Waals surface area contributed by atoms with Crippen molar-refractivity contribution in [2.75, 3.05) is 22.5 Å². The Labute approximate surface area is 242 Å². The van der Waals surface area contributed by atoms with E-state index in [1.54, 1.807) is 48.5 Å². The van der Waals surface area contributed by atoms with Gasteiger partial charge >= 0.3 is 5.97 Å². The zero-order chi connectivity index (χ0) is 30.1. The summed E-state index contributed by atoms with van der Waals surface area (Å²) in [5.41, 5.74) is 14.5. The molecule has 9 N–H and O–H groups in total. The minimum absolute atomic E-state index is 0.0828. The average Bonchev–Trinajstić information content (AvgIpc) is 2.91. The second kappa shape index (κ2) is 14.1. The van der Waals surface area contributed by atoms with Gasteiger partial charge < -0.3 is 37.3 Å². The largest absolute Gasteiger partial charge is 0.491 e. The number of nitrogens with two attached hydrogens (primary N) is 2. The van der Waals surface area contributed by atoms with Crippen molar-refractivity contribution in [3.8, 4) is 5.75 Å². The Morgan fingerprint density at radius 1 is 1.02 bits per heavy atom. The molecule has 3 rings (SSSR count). The maximum atomic E-state index is 13.2. The summed E-state index contributed by atoms with van der Waals surface area (Å²) in [5.74, 6) is -1.43. The molecule has 216 valence electrons. The molecular formula is C29H33ClN6O5. The lowest BCUT2D eigenvalue weighted by molar-refractivity contribution is -0.137. The molecule has 0 saturated heterocycles. The summed E-state index contributed by atoms with van der Waals surface area (Å²) in [6.07, 6.45) is -0.160. The van der Waals surface area contributed by atoms with E-state index >= 15 is 0 Å². The molecule has 0 saturated carbocycles. The van der Waals surface area contributed by atoms with Gasteiger partial charge in [0.05, 0.1) is 18.2 Å². The molecule has 0 radical (unpaired) electrons. The van der Waals surface area contributed by atoms with Crippen molar-refractivity contribution in [1.29, 1.82) is 5.41 Å². The zero-order valence-corrected chi connectivity index (χ0v) is 23.5. The van der Waals surface area contributed by atoms with E-state index in [2.05, 4.69) is 16.0 Å². The van der Waals surface area contributed by atoms with Gasteiger partial charge in [-0.25, -0.2) is 0 Å². The van der Waals surface area contributed by atoms with Crippen molar-refractivity contribution in [1.82, 2.24) is 0 Å². The molecule has 11 nitrogen and oxygen atoms in total. The van der Waals surface area contributed by atoms with Crippen LogP contribution in [0.1, 0.15) is 47.3 Å². The van der Waals surface area contributed by atoms with Crippen LogP contribution >= 0.6 is 11.6 Å². The number of anilines is 3. The van der Waals surface area contributed by atoms with Gasteiger partial charge in [-0.15, -0.1) is 0 Å². The van der Waals surface area contributed by atoms with Gasteiger partial charge in [-0.3, -0.25) is 19.8 Å². The highest BCUT2D eigenvalue weighted by Gasteiger charge is 2.18. The number of rotatable bonds is 13. The standard InChI is InChI=1S/C29H33ClN6O5/c1-16(2)41-25-13-21(35-26(37)14-31)11-18(22(25)8-10-27(38)39)15-34-24-9-5-19(30)12-23(24)29(40)36-20-6-3-17(4-7-20)28(32)33/h3-7,9,11-13,16,34H,8,10,14-15,31H2,1-2H3,(H3,32,33)(H,35,37)(H,36,40)(H,38,39). The molecular weight excluding hydrogens is 548 g/mol. The van der Waals surface area contributed by atoms with E-state index in [0.29, 0.717) is 44.5 Å². The summed E-state index contributed by atoms with van der Waals surface area (Å²) in [6.45, 7) is 3.65. The third kappa shape index (κ3) is 8.95. The van der Waals surface area contributed by atoms with Crippen molar-refractivity contribution >= 4 is 52.3 Å². The summed E-state index contributed by atoms with van der Waals surface area (Å²) < 4.78 is 5.99. The van der Waals surface area contributed by atoms with Crippen LogP contribution < -0.4 is 32.2 Å². The third-order valence-electron chi connectivity index (χ3n) is 5.87. The number of hydrogen-bond acceptors (Lipinski definition) is 7. The van der Waals surface area contributed by atoms with Gasteiger partial charge in [-0.2, -0.15) is 0 Å². The number of nitrogen functional groups attached to an aromatic ring is 1. The highest BCUT2D eigenvalue weighted by atomic mass is 35.5. The van der Waals surface area contributed by atoms with E-state index in [4.69, 9.17) is 33.2 Å². The minimum Gasteiger partial charge on any atom is -0.491 e. The number of aliphatic carboxylic acids is 1. The number of carbonyl (C=O) groups is 3. The number of amides is 2. The lowest BCUT2D eigenvalue weighted by Gasteiger charge is -2.21. The quantitative estimate of drug-likeness (QED) is 0.115. The van der Waals surface area contributed by atoms with Crippen LogP contribution in [0.5, 0.6) is 5.75 Å². The molecule has 0 aromatic heterocycles. The molecule has 0 heterocycles. The summed E-state index contributed by atoms with van der Waals surface area (Å²) in [7, 11) is 0. The minimum atomic E-state index is -0.965. The van der Waals surface area contributed by atoms with Crippen LogP contribution in [0.15, 0.2) is 54.6 Å². The average molecular weight is 581 g/mol. The van der Waals surface area contributed by atoms with E-state index < -0.39 is 17.8 Å². The van der Waals surface area contributed by atoms with Crippen LogP contribution in [0.3, 0.4) is 0 Å². The molecule has 0 fully saturated rings. The maximum Gasteiger partial charge on any atom is 0.303 e. The highest BCUT2D eigenvalue weighted by molar-refractivity contribution is 6.31. The Morgan fingerprint density at radius 2 is 1.73 bits per heavy atom. The van der Waals surface area contributed by atoms with Crippen molar-refractivity contribution in [2.24, 2.45) is 11.5 Å². The molecule has 3 aromatic carbocycles. The third-order valence-corrected chi connectivity index (χ3v) is 6.11. The Bertz CT molecular complexity index is 1440. The second-order valence-electron chi connectivity index (χ2n) is 9.41. The van der Waals surface area contributed by atoms with E-state index in [0.717, 1.165) is 0 Å². The second-order valence-corrected chi connectivity index (χ2v) is 9.85. The Morgan fingerprint density at radius 3 is 2.34 bits per heavy atom. The lowest BCUT2D eigenvalue weighted by Crippen LogP contribution is -2.22. The first-order valence-corrected chi connectivity index (χ1v) is 13.2. The number of carboxylic acids is 1.